The molecule has 0 aliphatic carbocycles. The third kappa shape index (κ3) is 2.42. The Morgan fingerprint density at radius 1 is 1.50 bits per heavy atom. The van der Waals surface area contributed by atoms with E-state index >= 15 is 0 Å². The molecule has 0 spiro atoms. The van der Waals surface area contributed by atoms with Crippen LogP contribution in [0.1, 0.15) is 5.56 Å². The summed E-state index contributed by atoms with van der Waals surface area (Å²) in [5.74, 6) is 1.17. The molecule has 1 heterocycles. The molecule has 1 aliphatic heterocycles. The van der Waals surface area contributed by atoms with Gasteiger partial charge in [-0.1, -0.05) is 23.9 Å². The summed E-state index contributed by atoms with van der Waals surface area (Å²) in [4.78, 5) is 4.28. The standard InChI is InChI=1S/C10H12N2OS/c13-9-3-1-2-8(6-9)7-14-10-11-4-5-12-10/h1-3,6,13H,4-5,7H2,(H,11,12). The molecule has 2 N–H and O–H groups in total. The summed E-state index contributed by atoms with van der Waals surface area (Å²) in [6.45, 7) is 1.82. The van der Waals surface area contributed by atoms with Crippen LogP contribution in [0.3, 0.4) is 0 Å². The lowest BCUT2D eigenvalue weighted by atomic mass is 10.2. The highest BCUT2D eigenvalue weighted by molar-refractivity contribution is 8.13. The first-order valence-corrected chi connectivity index (χ1v) is 5.52. The molecule has 0 saturated heterocycles. The number of amidine groups is 1. The number of nitrogens with one attached hydrogen (secondary N) is 1. The number of thioether (sulfide) groups is 1. The van der Waals surface area contributed by atoms with E-state index in [1.54, 1.807) is 23.9 Å². The molecule has 4 heteroatoms. The van der Waals surface area contributed by atoms with Crippen molar-refractivity contribution in [1.82, 2.24) is 5.32 Å². The molecular weight excluding hydrogens is 196 g/mol. The van der Waals surface area contributed by atoms with Crippen LogP contribution in [0.5, 0.6) is 5.75 Å². The topological polar surface area (TPSA) is 44.6 Å². The van der Waals surface area contributed by atoms with Crippen molar-refractivity contribution in [2.24, 2.45) is 4.99 Å². The van der Waals surface area contributed by atoms with Crippen molar-refractivity contribution in [1.29, 1.82) is 0 Å². The smallest absolute Gasteiger partial charge is 0.157 e. The Kier molecular flexibility index (Phi) is 2.93. The van der Waals surface area contributed by atoms with E-state index in [0.29, 0.717) is 5.75 Å². The van der Waals surface area contributed by atoms with Crippen molar-refractivity contribution in [2.45, 2.75) is 5.75 Å². The molecule has 0 radical (unpaired) electrons. The van der Waals surface area contributed by atoms with Gasteiger partial charge in [-0.25, -0.2) is 0 Å². The minimum atomic E-state index is 0.324. The Balaban J connectivity index is 1.91. The minimum Gasteiger partial charge on any atom is -0.508 e. The number of aromatic hydroxyl groups is 1. The van der Waals surface area contributed by atoms with Gasteiger partial charge in [-0.15, -0.1) is 0 Å². The van der Waals surface area contributed by atoms with Crippen LogP contribution in [0.4, 0.5) is 0 Å². The normalized spacial score (nSPS) is 15.0. The van der Waals surface area contributed by atoms with Crippen LogP contribution in [0.25, 0.3) is 0 Å². The number of phenolic OH excluding ortho intramolecular Hbond substituents is 1. The first-order chi connectivity index (χ1) is 6.84. The number of nitrogens with zero attached hydrogens (tertiary/aromatic N) is 1. The Bertz CT molecular complexity index is 352. The van der Waals surface area contributed by atoms with Crippen molar-refractivity contribution in [2.75, 3.05) is 13.1 Å². The SMILES string of the molecule is Oc1cccc(CSC2=NCCN2)c1. The van der Waals surface area contributed by atoms with Gasteiger partial charge in [0.05, 0.1) is 6.54 Å². The number of benzene rings is 1. The van der Waals surface area contributed by atoms with Gasteiger partial charge in [0.1, 0.15) is 5.75 Å². The largest absolute Gasteiger partial charge is 0.508 e. The number of hydrogen-bond acceptors (Lipinski definition) is 4. The summed E-state index contributed by atoms with van der Waals surface area (Å²) in [5.41, 5.74) is 1.12. The molecule has 14 heavy (non-hydrogen) atoms. The van der Waals surface area contributed by atoms with Crippen molar-refractivity contribution >= 4 is 16.9 Å². The maximum atomic E-state index is 9.25. The fourth-order valence-corrected chi connectivity index (χ4v) is 2.14. The van der Waals surface area contributed by atoms with E-state index in [1.807, 2.05) is 12.1 Å². The van der Waals surface area contributed by atoms with Gasteiger partial charge in [-0.05, 0) is 17.7 Å². The fourth-order valence-electron chi connectivity index (χ4n) is 1.27. The van der Waals surface area contributed by atoms with Gasteiger partial charge < -0.3 is 10.4 Å². The zero-order chi connectivity index (χ0) is 9.80. The van der Waals surface area contributed by atoms with Crippen molar-refractivity contribution in [3.8, 4) is 5.75 Å². The summed E-state index contributed by atoms with van der Waals surface area (Å²) in [6.07, 6.45) is 0. The van der Waals surface area contributed by atoms with Gasteiger partial charge in [0.15, 0.2) is 5.17 Å². The Morgan fingerprint density at radius 3 is 3.14 bits per heavy atom. The quantitative estimate of drug-likeness (QED) is 0.775. The molecule has 1 aromatic rings. The third-order valence-corrected chi connectivity index (χ3v) is 2.95. The van der Waals surface area contributed by atoms with Gasteiger partial charge in [0, 0.05) is 12.3 Å². The van der Waals surface area contributed by atoms with E-state index in [1.165, 1.54) is 0 Å². The molecule has 0 saturated carbocycles. The summed E-state index contributed by atoms with van der Waals surface area (Å²) in [5, 5.41) is 13.4. The predicted octanol–water partition coefficient (Wildman–Crippen LogP) is 1.58. The van der Waals surface area contributed by atoms with Crippen LogP contribution < -0.4 is 5.32 Å². The summed E-state index contributed by atoms with van der Waals surface area (Å²) < 4.78 is 0. The van der Waals surface area contributed by atoms with Gasteiger partial charge in [0.25, 0.3) is 0 Å². The van der Waals surface area contributed by atoms with Crippen molar-refractivity contribution in [3.63, 3.8) is 0 Å². The van der Waals surface area contributed by atoms with Crippen molar-refractivity contribution < 1.29 is 5.11 Å². The van der Waals surface area contributed by atoms with Crippen LogP contribution in [0.2, 0.25) is 0 Å². The van der Waals surface area contributed by atoms with E-state index in [-0.39, 0.29) is 0 Å². The predicted molar refractivity (Wildman–Crippen MR) is 59.7 cm³/mol. The molecule has 0 unspecified atom stereocenters. The highest BCUT2D eigenvalue weighted by atomic mass is 32.2. The summed E-state index contributed by atoms with van der Waals surface area (Å²) >= 11 is 1.67. The molecule has 2 rings (SSSR count). The molecule has 74 valence electrons. The molecule has 0 fully saturated rings. The second kappa shape index (κ2) is 4.37. The van der Waals surface area contributed by atoms with Crippen LogP contribution in [-0.4, -0.2) is 23.4 Å². The molecule has 3 nitrogen and oxygen atoms in total. The van der Waals surface area contributed by atoms with E-state index < -0.39 is 0 Å². The molecular formula is C10H12N2OS. The highest BCUT2D eigenvalue weighted by Crippen LogP contribution is 2.17. The lowest BCUT2D eigenvalue weighted by Gasteiger charge is -2.02. The van der Waals surface area contributed by atoms with E-state index in [2.05, 4.69) is 10.3 Å². The monoisotopic (exact) mass is 208 g/mol. The van der Waals surface area contributed by atoms with Crippen LogP contribution in [0.15, 0.2) is 29.3 Å². The van der Waals surface area contributed by atoms with E-state index in [4.69, 9.17) is 0 Å². The van der Waals surface area contributed by atoms with Crippen LogP contribution in [0, 0.1) is 0 Å². The van der Waals surface area contributed by atoms with E-state index in [9.17, 15) is 5.11 Å². The number of rotatable bonds is 2. The second-order valence-corrected chi connectivity index (χ2v) is 4.04. The zero-order valence-electron chi connectivity index (χ0n) is 7.73. The summed E-state index contributed by atoms with van der Waals surface area (Å²) in [7, 11) is 0. The number of aliphatic imine (C=N–C) groups is 1. The van der Waals surface area contributed by atoms with Gasteiger partial charge in [-0.3, -0.25) is 4.99 Å². The fraction of sp³-hybridized carbons (Fsp3) is 0.300. The lowest BCUT2D eigenvalue weighted by Crippen LogP contribution is -2.14. The van der Waals surface area contributed by atoms with Crippen LogP contribution in [-0.2, 0) is 5.75 Å². The first-order valence-electron chi connectivity index (χ1n) is 4.53. The molecule has 0 amide bonds. The molecule has 0 bridgehead atoms. The molecule has 1 aromatic carbocycles. The Labute approximate surface area is 87.2 Å². The number of phenols is 1. The maximum absolute atomic E-state index is 9.25. The average Bonchev–Trinajstić information content (AvgIpc) is 2.67. The van der Waals surface area contributed by atoms with Gasteiger partial charge >= 0.3 is 0 Å². The maximum Gasteiger partial charge on any atom is 0.157 e. The zero-order valence-corrected chi connectivity index (χ0v) is 8.55. The van der Waals surface area contributed by atoms with E-state index in [0.717, 1.165) is 29.6 Å². The Hall–Kier alpha value is -1.16. The first kappa shape index (κ1) is 9.40. The Morgan fingerprint density at radius 2 is 2.43 bits per heavy atom. The minimum absolute atomic E-state index is 0.324. The van der Waals surface area contributed by atoms with Gasteiger partial charge in [0.2, 0.25) is 0 Å². The number of hydrogen-bond donors (Lipinski definition) is 2. The molecule has 1 aliphatic rings. The van der Waals surface area contributed by atoms with Crippen LogP contribution >= 0.6 is 11.8 Å². The average molecular weight is 208 g/mol. The highest BCUT2D eigenvalue weighted by Gasteiger charge is 2.05. The molecule has 0 aromatic heterocycles. The van der Waals surface area contributed by atoms with Crippen molar-refractivity contribution in [3.05, 3.63) is 29.8 Å². The van der Waals surface area contributed by atoms with Gasteiger partial charge in [-0.2, -0.15) is 0 Å². The molecule has 0 atom stereocenters. The second-order valence-electron chi connectivity index (χ2n) is 3.07. The summed E-state index contributed by atoms with van der Waals surface area (Å²) in [6, 6.07) is 7.32. The third-order valence-electron chi connectivity index (χ3n) is 1.93. The lowest BCUT2D eigenvalue weighted by molar-refractivity contribution is 0.475.